The Bertz CT molecular complexity index is 3440. The second kappa shape index (κ2) is 38.4. The van der Waals surface area contributed by atoms with Crippen LogP contribution in [0.15, 0.2) is 72.8 Å². The minimum Gasteiger partial charge on any atom is -0.478 e. The van der Waals surface area contributed by atoms with E-state index in [1.54, 1.807) is 20.6 Å². The summed E-state index contributed by atoms with van der Waals surface area (Å²) in [6, 6.07) is 14.6. The summed E-state index contributed by atoms with van der Waals surface area (Å²) in [6.45, 7) is 6.55. The summed E-state index contributed by atoms with van der Waals surface area (Å²) < 4.78 is 156. The fourth-order valence-corrected chi connectivity index (χ4v) is 11.4. The van der Waals surface area contributed by atoms with Gasteiger partial charge in [-0.3, -0.25) is 47.0 Å². The summed E-state index contributed by atoms with van der Waals surface area (Å²) in [5.41, 5.74) is 3.63. The normalized spacial score (nSPS) is 13.4. The molecular weight excluding hydrogens is 1310 g/mol. The Morgan fingerprint density at radius 2 is 1.00 bits per heavy atom. The van der Waals surface area contributed by atoms with E-state index in [2.05, 4.69) is 70.8 Å². The lowest BCUT2D eigenvalue weighted by Gasteiger charge is -2.25. The zero-order valence-electron chi connectivity index (χ0n) is 50.5. The smallest absolute Gasteiger partial charge is 0.267 e. The number of aryl methyl sites for hydroxylation is 1. The van der Waals surface area contributed by atoms with Crippen molar-refractivity contribution in [3.8, 4) is 28.3 Å². The molecule has 6 amide bonds. The maximum Gasteiger partial charge on any atom is 0.267 e. The van der Waals surface area contributed by atoms with Gasteiger partial charge in [-0.25, -0.2) is 9.67 Å². The number of nitrogens with one attached hydrogen (secondary N) is 6. The number of ether oxygens (including phenoxy) is 4. The summed E-state index contributed by atoms with van der Waals surface area (Å²) >= 11 is 3.63. The number of hydrogen-bond acceptors (Lipinski definition) is 23. The molecule has 0 spiro atoms. The van der Waals surface area contributed by atoms with Gasteiger partial charge < -0.3 is 50.8 Å². The fourth-order valence-electron chi connectivity index (χ4n) is 8.65. The summed E-state index contributed by atoms with van der Waals surface area (Å²) in [5.74, 6) is -13.6. The number of aromatic nitrogens is 5. The Hall–Kier alpha value is -6.85. The molecule has 4 atom stereocenters. The predicted octanol–water partition coefficient (Wildman–Crippen LogP) is -0.418. The van der Waals surface area contributed by atoms with Crippen LogP contribution in [0.25, 0.3) is 22.4 Å². The van der Waals surface area contributed by atoms with Crippen molar-refractivity contribution in [2.75, 3.05) is 88.1 Å². The molecule has 0 bridgehead atoms. The Labute approximate surface area is 538 Å². The molecule has 0 saturated carbocycles. The van der Waals surface area contributed by atoms with Gasteiger partial charge in [0.2, 0.25) is 41.3 Å². The van der Waals surface area contributed by atoms with Crippen LogP contribution in [0, 0.1) is 0 Å². The van der Waals surface area contributed by atoms with Crippen molar-refractivity contribution in [3.05, 3.63) is 78.6 Å². The van der Waals surface area contributed by atoms with E-state index in [0.717, 1.165) is 47.5 Å². The molecule has 0 saturated heterocycles. The first-order valence-corrected chi connectivity index (χ1v) is 35.8. The Balaban J connectivity index is 1.07. The number of carbonyl (C=O) groups is 6. The van der Waals surface area contributed by atoms with Crippen LogP contribution >= 0.6 is 12.6 Å². The van der Waals surface area contributed by atoms with Crippen molar-refractivity contribution < 1.29 is 99.6 Å². The number of nitrogens with zero attached hydrogens (tertiary/aromatic N) is 5. The van der Waals surface area contributed by atoms with Crippen molar-refractivity contribution in [1.29, 1.82) is 0 Å². The zero-order valence-corrected chi connectivity index (χ0v) is 54.6. The van der Waals surface area contributed by atoms with Crippen LogP contribution in [0.5, 0.6) is 5.88 Å². The highest BCUT2D eigenvalue weighted by molar-refractivity contribution is 7.86. The number of amides is 6. The van der Waals surface area contributed by atoms with Crippen LogP contribution in [0.3, 0.4) is 0 Å². The number of carbonyl (C=O) groups excluding carboxylic acids is 6. The molecular formula is C54H79N11O22S5. The van der Waals surface area contributed by atoms with Gasteiger partial charge in [-0.05, 0) is 72.6 Å². The van der Waals surface area contributed by atoms with Crippen LogP contribution in [-0.4, -0.2) is 225 Å². The van der Waals surface area contributed by atoms with Crippen molar-refractivity contribution in [3.63, 3.8) is 0 Å². The lowest BCUT2D eigenvalue weighted by Crippen LogP contribution is -2.61. The Kier molecular flexibility index (Phi) is 32.4. The maximum atomic E-state index is 13.3. The number of hydrogen-bond donors (Lipinski definition) is 11. The van der Waals surface area contributed by atoms with Gasteiger partial charge in [0.1, 0.15) is 47.2 Å². The number of tetrazole rings is 1. The summed E-state index contributed by atoms with van der Waals surface area (Å²) in [7, 11) is -20.8. The number of rotatable bonds is 45. The van der Waals surface area contributed by atoms with E-state index in [0.29, 0.717) is 57.9 Å². The highest BCUT2D eigenvalue weighted by Crippen LogP contribution is 2.30. The zero-order chi connectivity index (χ0) is 68.0. The van der Waals surface area contributed by atoms with Crippen molar-refractivity contribution in [2.45, 2.75) is 101 Å². The Morgan fingerprint density at radius 1 is 0.533 bits per heavy atom. The summed E-state index contributed by atoms with van der Waals surface area (Å²) in [5, 5.41) is 24.5. The monoisotopic (exact) mass is 1390 g/mol. The van der Waals surface area contributed by atoms with E-state index in [9.17, 15) is 80.6 Å². The van der Waals surface area contributed by atoms with Crippen LogP contribution in [-0.2, 0) is 95.4 Å². The molecule has 10 N–H and O–H groups in total. The maximum absolute atomic E-state index is 13.3. The number of unbranched alkanes of at least 4 members (excludes halogenated alkanes) is 2. The molecule has 33 nitrogen and oxygen atoms in total. The van der Waals surface area contributed by atoms with Gasteiger partial charge in [0.05, 0.1) is 44.5 Å². The van der Waals surface area contributed by atoms with Gasteiger partial charge in [0.25, 0.3) is 40.5 Å². The van der Waals surface area contributed by atoms with Crippen LogP contribution < -0.4 is 36.6 Å². The third-order valence-corrected chi connectivity index (χ3v) is 16.4. The van der Waals surface area contributed by atoms with Gasteiger partial charge in [0, 0.05) is 56.3 Å². The molecule has 0 aliphatic rings. The van der Waals surface area contributed by atoms with Gasteiger partial charge in [-0.15, -0.1) is 5.10 Å². The standard InChI is InChI=1S/C54H79N11O22S5/c1-54(2,20-10-12-26-87-48-32-40(38-15-5-3-6-16-38)31-41(58-48)39-17-7-4-8-18-39)53-62-63-64-65(53)23-11-9-19-46(66)55-21-13-24-84-27-29-86-30-28-85-25-14-22-56-49(68)42(34-89(72,73)74)59-51(70)44(36-91(78,79)80)61-52(71)45(37-92(81,82)83)60-50(69)43(35-90(75,76)77)57-47(67)33-88/h3-8,15-18,31-32,42-45,88H,9-14,19-30,33-37H2,1-2H3,(H,55,66)(H,56,68)(H,57,67)(H,59,70)(H,60,69)(H,61,71)(H,72,73,74)(H,75,76,77)(H,78,79,80)(H,81,82,83)/t42-,43-,44-,45-/m0/s1. The largest absolute Gasteiger partial charge is 0.478 e. The minimum absolute atomic E-state index is 0.0165. The van der Waals surface area contributed by atoms with Crippen molar-refractivity contribution in [1.82, 2.24) is 57.1 Å². The molecule has 92 heavy (non-hydrogen) atoms. The molecule has 2 aromatic carbocycles. The average Bonchev–Trinajstić information content (AvgIpc) is 1.27. The van der Waals surface area contributed by atoms with Crippen LogP contribution in [0.2, 0.25) is 0 Å². The summed E-state index contributed by atoms with van der Waals surface area (Å²) in [4.78, 5) is 81.6. The first kappa shape index (κ1) is 77.6. The molecule has 0 aliphatic heterocycles. The van der Waals surface area contributed by atoms with Crippen molar-refractivity contribution in [2.24, 2.45) is 0 Å². The highest BCUT2D eigenvalue weighted by atomic mass is 32.2. The Morgan fingerprint density at radius 3 is 1.50 bits per heavy atom. The van der Waals surface area contributed by atoms with Gasteiger partial charge >= 0.3 is 0 Å². The summed E-state index contributed by atoms with van der Waals surface area (Å²) in [6.07, 6.45) is 4.81. The molecule has 512 valence electrons. The van der Waals surface area contributed by atoms with E-state index >= 15 is 0 Å². The predicted molar refractivity (Wildman–Crippen MR) is 334 cm³/mol. The lowest BCUT2D eigenvalue weighted by molar-refractivity contribution is -0.133. The quantitative estimate of drug-likeness (QED) is 0.0152. The van der Waals surface area contributed by atoms with E-state index in [4.69, 9.17) is 23.9 Å². The average molecular weight is 1390 g/mol. The molecule has 0 radical (unpaired) electrons. The molecule has 4 aromatic rings. The van der Waals surface area contributed by atoms with Crippen molar-refractivity contribution >= 4 is 88.5 Å². The molecule has 2 aromatic heterocycles. The number of benzene rings is 2. The second-order valence-corrected chi connectivity index (χ2v) is 27.6. The molecule has 0 aliphatic carbocycles. The topological polar surface area (TPSA) is 485 Å². The molecule has 0 fully saturated rings. The lowest BCUT2D eigenvalue weighted by atomic mass is 9.86. The van der Waals surface area contributed by atoms with Crippen LogP contribution in [0.4, 0.5) is 0 Å². The number of thiol groups is 1. The number of pyridine rings is 1. The van der Waals surface area contributed by atoms with Gasteiger partial charge in [-0.1, -0.05) is 74.5 Å². The molecule has 2 heterocycles. The first-order valence-electron chi connectivity index (χ1n) is 28.7. The van der Waals surface area contributed by atoms with E-state index in [-0.39, 0.29) is 57.3 Å². The van der Waals surface area contributed by atoms with E-state index in [1.807, 2.05) is 59.9 Å². The third-order valence-electron chi connectivity index (χ3n) is 13.1. The van der Waals surface area contributed by atoms with E-state index in [1.165, 1.54) is 0 Å². The molecule has 4 rings (SSSR count). The van der Waals surface area contributed by atoms with E-state index < -0.39 is 123 Å². The SMILES string of the molecule is CC(C)(CCCCOc1cc(-c2ccccc2)cc(-c2ccccc2)n1)c1nnnn1CCCCC(=O)NCCCOCCOCCOCCCNC(=O)[C@H](CS(=O)(=O)O)NC(=O)[C@H](CS(=O)(=O)O)NC(=O)[C@H](CS(=O)(=O)O)NC(=O)[C@H](CS(=O)(=O)O)NC(=O)CS. The van der Waals surface area contributed by atoms with Gasteiger partial charge in [0.15, 0.2) is 5.82 Å². The first-order chi connectivity index (χ1) is 43.3. The molecule has 38 heteroatoms. The highest BCUT2D eigenvalue weighted by Gasteiger charge is 2.37. The fraction of sp³-hybridized carbons (Fsp3) is 0.556. The third kappa shape index (κ3) is 31.7. The molecule has 0 unspecified atom stereocenters. The minimum atomic E-state index is -5.30. The second-order valence-electron chi connectivity index (χ2n) is 21.3. The van der Waals surface area contributed by atoms with Gasteiger partial charge in [-0.2, -0.15) is 46.3 Å². The van der Waals surface area contributed by atoms with Crippen LogP contribution in [0.1, 0.15) is 71.0 Å².